The molecule has 2 unspecified atom stereocenters. The summed E-state index contributed by atoms with van der Waals surface area (Å²) in [6.45, 7) is 3.67. The van der Waals surface area contributed by atoms with Crippen LogP contribution in [0.4, 0.5) is 0 Å². The molecule has 3 saturated heterocycles. The maximum absolute atomic E-state index is 12.5. The van der Waals surface area contributed by atoms with Crippen LogP contribution in [0.15, 0.2) is 0 Å². The zero-order chi connectivity index (χ0) is 14.2. The number of rotatable bonds is 1. The molecule has 0 aliphatic carbocycles. The van der Waals surface area contributed by atoms with Crippen molar-refractivity contribution in [3.8, 4) is 0 Å². The maximum Gasteiger partial charge on any atom is 0.228 e. The Morgan fingerprint density at radius 2 is 2.05 bits per heavy atom. The van der Waals surface area contributed by atoms with Crippen LogP contribution in [-0.4, -0.2) is 61.5 Å². The van der Waals surface area contributed by atoms with Crippen molar-refractivity contribution in [1.82, 2.24) is 9.80 Å². The number of ether oxygens (including phenoxy) is 1. The van der Waals surface area contributed by atoms with Gasteiger partial charge < -0.3 is 14.5 Å². The Morgan fingerprint density at radius 3 is 2.70 bits per heavy atom. The Labute approximate surface area is 120 Å². The molecule has 20 heavy (non-hydrogen) atoms. The molecule has 0 aromatic carbocycles. The first-order valence-electron chi connectivity index (χ1n) is 7.74. The number of amides is 2. The van der Waals surface area contributed by atoms with Crippen molar-refractivity contribution in [2.75, 3.05) is 39.9 Å². The number of hydrogen-bond acceptors (Lipinski definition) is 3. The van der Waals surface area contributed by atoms with Gasteiger partial charge in [0.2, 0.25) is 11.8 Å². The van der Waals surface area contributed by atoms with E-state index in [2.05, 4.69) is 0 Å². The molecule has 5 nitrogen and oxygen atoms in total. The summed E-state index contributed by atoms with van der Waals surface area (Å²) in [6.07, 6.45) is 4.51. The van der Waals surface area contributed by atoms with E-state index in [4.69, 9.17) is 4.74 Å². The quantitative estimate of drug-likeness (QED) is 0.716. The van der Waals surface area contributed by atoms with Crippen LogP contribution in [-0.2, 0) is 14.3 Å². The minimum atomic E-state index is -0.185. The Kier molecular flexibility index (Phi) is 3.71. The van der Waals surface area contributed by atoms with Gasteiger partial charge in [-0.25, -0.2) is 0 Å². The molecule has 3 fully saturated rings. The number of hydrogen-bond donors (Lipinski definition) is 0. The van der Waals surface area contributed by atoms with Gasteiger partial charge in [0.25, 0.3) is 0 Å². The zero-order valence-electron chi connectivity index (χ0n) is 12.3. The fourth-order valence-corrected chi connectivity index (χ4v) is 3.86. The van der Waals surface area contributed by atoms with Crippen LogP contribution in [0.1, 0.15) is 32.1 Å². The topological polar surface area (TPSA) is 49.9 Å². The standard InChI is InChI=1S/C15H24N2O3/c1-16-8-5-15(14(16)19)4-2-7-17(9-6-15)13(18)12-3-10-20-11-12/h12H,2-11H2,1H3. The van der Waals surface area contributed by atoms with Crippen LogP contribution in [0.2, 0.25) is 0 Å². The van der Waals surface area contributed by atoms with Gasteiger partial charge in [-0.3, -0.25) is 9.59 Å². The zero-order valence-corrected chi connectivity index (χ0v) is 12.3. The van der Waals surface area contributed by atoms with Crippen LogP contribution in [0, 0.1) is 11.3 Å². The average Bonchev–Trinajstić information content (AvgIpc) is 3.00. The van der Waals surface area contributed by atoms with E-state index in [1.165, 1.54) is 0 Å². The molecule has 0 N–H and O–H groups in total. The van der Waals surface area contributed by atoms with Gasteiger partial charge in [0, 0.05) is 33.3 Å². The number of carbonyl (C=O) groups is 2. The van der Waals surface area contributed by atoms with Crippen molar-refractivity contribution in [1.29, 1.82) is 0 Å². The Morgan fingerprint density at radius 1 is 1.25 bits per heavy atom. The summed E-state index contributed by atoms with van der Waals surface area (Å²) in [5.41, 5.74) is -0.185. The predicted octanol–water partition coefficient (Wildman–Crippen LogP) is 0.884. The molecule has 0 saturated carbocycles. The molecule has 3 rings (SSSR count). The van der Waals surface area contributed by atoms with E-state index in [1.54, 1.807) is 0 Å². The van der Waals surface area contributed by atoms with Crippen LogP contribution in [0.25, 0.3) is 0 Å². The molecule has 3 heterocycles. The lowest BCUT2D eigenvalue weighted by molar-refractivity contribution is -0.137. The van der Waals surface area contributed by atoms with Gasteiger partial charge in [-0.2, -0.15) is 0 Å². The highest BCUT2D eigenvalue weighted by Crippen LogP contribution is 2.41. The van der Waals surface area contributed by atoms with Gasteiger partial charge in [0.1, 0.15) is 0 Å². The van der Waals surface area contributed by atoms with Gasteiger partial charge in [0.05, 0.1) is 17.9 Å². The van der Waals surface area contributed by atoms with E-state index < -0.39 is 0 Å². The second-order valence-corrected chi connectivity index (χ2v) is 6.50. The van der Waals surface area contributed by atoms with Crippen LogP contribution < -0.4 is 0 Å². The third-order valence-corrected chi connectivity index (χ3v) is 5.26. The molecule has 3 aliphatic heterocycles. The Hall–Kier alpha value is -1.10. The molecule has 0 bridgehead atoms. The number of likely N-dealkylation sites (tertiary alicyclic amines) is 2. The second kappa shape index (κ2) is 5.35. The fourth-order valence-electron chi connectivity index (χ4n) is 3.86. The van der Waals surface area contributed by atoms with Gasteiger partial charge in [-0.05, 0) is 32.1 Å². The second-order valence-electron chi connectivity index (χ2n) is 6.50. The first-order valence-corrected chi connectivity index (χ1v) is 7.74. The molecular weight excluding hydrogens is 256 g/mol. The summed E-state index contributed by atoms with van der Waals surface area (Å²) in [5, 5.41) is 0. The molecule has 2 atom stereocenters. The lowest BCUT2D eigenvalue weighted by Gasteiger charge is -2.26. The van der Waals surface area contributed by atoms with E-state index in [-0.39, 0.29) is 23.1 Å². The monoisotopic (exact) mass is 280 g/mol. The Bertz CT molecular complexity index is 406. The van der Waals surface area contributed by atoms with Gasteiger partial charge in [0.15, 0.2) is 0 Å². The summed E-state index contributed by atoms with van der Waals surface area (Å²) in [7, 11) is 1.89. The SMILES string of the molecule is CN1CCC2(CCCN(C(=O)C3CCOC3)CC2)C1=O. The molecule has 2 amide bonds. The van der Waals surface area contributed by atoms with Crippen LogP contribution in [0.5, 0.6) is 0 Å². The minimum absolute atomic E-state index is 0.0472. The molecule has 0 aromatic heterocycles. The lowest BCUT2D eigenvalue weighted by Crippen LogP contribution is -2.38. The number of carbonyl (C=O) groups excluding carboxylic acids is 2. The number of nitrogens with zero attached hydrogens (tertiary/aromatic N) is 2. The fraction of sp³-hybridized carbons (Fsp3) is 0.867. The van der Waals surface area contributed by atoms with E-state index in [9.17, 15) is 9.59 Å². The minimum Gasteiger partial charge on any atom is -0.381 e. The first-order chi connectivity index (χ1) is 9.62. The molecule has 3 aliphatic rings. The predicted molar refractivity (Wildman–Crippen MR) is 74.0 cm³/mol. The molecule has 112 valence electrons. The lowest BCUT2D eigenvalue weighted by atomic mass is 9.79. The molecule has 0 radical (unpaired) electrons. The molecular formula is C15H24N2O3. The van der Waals surface area contributed by atoms with Gasteiger partial charge in [-0.15, -0.1) is 0 Å². The molecule has 0 aromatic rings. The first kappa shape index (κ1) is 13.9. The van der Waals surface area contributed by atoms with Crippen molar-refractivity contribution >= 4 is 11.8 Å². The van der Waals surface area contributed by atoms with Crippen molar-refractivity contribution in [2.24, 2.45) is 11.3 Å². The Balaban J connectivity index is 1.65. The highest BCUT2D eigenvalue weighted by Gasteiger charge is 2.46. The normalized spacial score (nSPS) is 34.9. The van der Waals surface area contributed by atoms with Crippen LogP contribution >= 0.6 is 0 Å². The summed E-state index contributed by atoms with van der Waals surface area (Å²) in [5.74, 6) is 0.570. The summed E-state index contributed by atoms with van der Waals surface area (Å²) in [6, 6.07) is 0. The third-order valence-electron chi connectivity index (χ3n) is 5.26. The summed E-state index contributed by atoms with van der Waals surface area (Å²) in [4.78, 5) is 28.6. The van der Waals surface area contributed by atoms with Crippen molar-refractivity contribution in [2.45, 2.75) is 32.1 Å². The average molecular weight is 280 g/mol. The summed E-state index contributed by atoms with van der Waals surface area (Å²) >= 11 is 0. The van der Waals surface area contributed by atoms with Crippen molar-refractivity contribution < 1.29 is 14.3 Å². The van der Waals surface area contributed by atoms with Crippen molar-refractivity contribution in [3.05, 3.63) is 0 Å². The molecule has 5 heteroatoms. The van der Waals surface area contributed by atoms with E-state index >= 15 is 0 Å². The van der Waals surface area contributed by atoms with Crippen molar-refractivity contribution in [3.63, 3.8) is 0 Å². The highest BCUT2D eigenvalue weighted by atomic mass is 16.5. The highest BCUT2D eigenvalue weighted by molar-refractivity contribution is 5.85. The van der Waals surface area contributed by atoms with E-state index in [0.717, 1.165) is 51.7 Å². The largest absolute Gasteiger partial charge is 0.381 e. The smallest absolute Gasteiger partial charge is 0.228 e. The van der Waals surface area contributed by atoms with E-state index in [0.29, 0.717) is 13.2 Å². The molecule has 1 spiro atoms. The van der Waals surface area contributed by atoms with Gasteiger partial charge in [-0.1, -0.05) is 0 Å². The van der Waals surface area contributed by atoms with E-state index in [1.807, 2.05) is 16.8 Å². The third kappa shape index (κ3) is 2.32. The van der Waals surface area contributed by atoms with Gasteiger partial charge >= 0.3 is 0 Å². The summed E-state index contributed by atoms with van der Waals surface area (Å²) < 4.78 is 5.32. The van der Waals surface area contributed by atoms with Crippen LogP contribution in [0.3, 0.4) is 0 Å². The maximum atomic E-state index is 12.5.